The van der Waals surface area contributed by atoms with Crippen LogP contribution in [-0.2, 0) is 4.79 Å². The first kappa shape index (κ1) is 12.6. The summed E-state index contributed by atoms with van der Waals surface area (Å²) in [4.78, 5) is 15.7. The summed E-state index contributed by atoms with van der Waals surface area (Å²) in [7, 11) is 0. The summed E-state index contributed by atoms with van der Waals surface area (Å²) in [5.74, 6) is 1.58. The number of hydrogen-bond acceptors (Lipinski definition) is 2. The minimum atomic E-state index is 0.0687. The second-order valence-corrected chi connectivity index (χ2v) is 5.51. The van der Waals surface area contributed by atoms with Crippen LogP contribution in [0.25, 0.3) is 0 Å². The lowest BCUT2D eigenvalue weighted by molar-refractivity contribution is -0.116. The average molecular weight is 297 g/mol. The van der Waals surface area contributed by atoms with Crippen molar-refractivity contribution in [2.75, 3.05) is 5.32 Å². The number of amides is 1. The van der Waals surface area contributed by atoms with Gasteiger partial charge in [-0.1, -0.05) is 19.3 Å². The minimum Gasteiger partial charge on any atom is -0.311 e. The number of carbonyl (C=O) groups excluding carboxylic acids is 1. The third-order valence-electron chi connectivity index (χ3n) is 3.24. The van der Waals surface area contributed by atoms with E-state index >= 15 is 0 Å². The molecule has 0 aliphatic heterocycles. The second-order valence-electron chi connectivity index (χ2n) is 4.60. The predicted octanol–water partition coefficient (Wildman–Crippen LogP) is 3.75. The van der Waals surface area contributed by atoms with E-state index < -0.39 is 0 Å². The van der Waals surface area contributed by atoms with Crippen molar-refractivity contribution in [3.8, 4) is 0 Å². The van der Waals surface area contributed by atoms with Crippen molar-refractivity contribution in [1.29, 1.82) is 0 Å². The van der Waals surface area contributed by atoms with Gasteiger partial charge in [-0.3, -0.25) is 4.79 Å². The molecule has 1 N–H and O–H groups in total. The normalized spacial score (nSPS) is 15.4. The van der Waals surface area contributed by atoms with Gasteiger partial charge in [0.1, 0.15) is 5.82 Å². The Morgan fingerprint density at radius 2 is 2.29 bits per heavy atom. The van der Waals surface area contributed by atoms with E-state index in [0.29, 0.717) is 12.2 Å². The molecule has 0 bridgehead atoms. The van der Waals surface area contributed by atoms with Gasteiger partial charge in [0.05, 0.1) is 0 Å². The van der Waals surface area contributed by atoms with Gasteiger partial charge in [0.2, 0.25) is 5.91 Å². The highest BCUT2D eigenvalue weighted by molar-refractivity contribution is 9.10. The SMILES string of the molecule is O=C(CCCC1CCC1)Nc1ccc(Br)cn1. The van der Waals surface area contributed by atoms with Crippen molar-refractivity contribution in [2.45, 2.75) is 38.5 Å². The van der Waals surface area contributed by atoms with E-state index in [-0.39, 0.29) is 5.91 Å². The van der Waals surface area contributed by atoms with Crippen molar-refractivity contribution in [1.82, 2.24) is 4.98 Å². The Labute approximate surface area is 110 Å². The van der Waals surface area contributed by atoms with Crippen molar-refractivity contribution in [3.05, 3.63) is 22.8 Å². The molecule has 17 heavy (non-hydrogen) atoms. The summed E-state index contributed by atoms with van der Waals surface area (Å²) < 4.78 is 0.917. The lowest BCUT2D eigenvalue weighted by Crippen LogP contribution is -2.15. The maximum Gasteiger partial charge on any atom is 0.225 e. The summed E-state index contributed by atoms with van der Waals surface area (Å²) in [6.45, 7) is 0. The van der Waals surface area contributed by atoms with Crippen molar-refractivity contribution in [2.24, 2.45) is 5.92 Å². The van der Waals surface area contributed by atoms with E-state index in [0.717, 1.165) is 16.8 Å². The summed E-state index contributed by atoms with van der Waals surface area (Å²) in [5.41, 5.74) is 0. The lowest BCUT2D eigenvalue weighted by atomic mass is 9.82. The molecule has 1 saturated carbocycles. The first-order valence-corrected chi connectivity index (χ1v) is 6.95. The third kappa shape index (κ3) is 4.11. The van der Waals surface area contributed by atoms with Crippen molar-refractivity contribution in [3.63, 3.8) is 0 Å². The first-order valence-electron chi connectivity index (χ1n) is 6.15. The molecule has 0 unspecified atom stereocenters. The van der Waals surface area contributed by atoms with Crippen LogP contribution in [0.5, 0.6) is 0 Å². The van der Waals surface area contributed by atoms with Gasteiger partial charge < -0.3 is 5.32 Å². The summed E-state index contributed by atoms with van der Waals surface area (Å²) in [6.07, 6.45) is 8.57. The molecule has 1 heterocycles. The number of carbonyl (C=O) groups is 1. The van der Waals surface area contributed by atoms with Gasteiger partial charge >= 0.3 is 0 Å². The average Bonchev–Trinajstić information content (AvgIpc) is 2.25. The Kier molecular flexibility index (Phi) is 4.54. The van der Waals surface area contributed by atoms with Gasteiger partial charge in [-0.25, -0.2) is 4.98 Å². The number of halogens is 1. The fourth-order valence-electron chi connectivity index (χ4n) is 1.99. The molecular formula is C13H17BrN2O. The van der Waals surface area contributed by atoms with Crippen molar-refractivity contribution >= 4 is 27.7 Å². The molecule has 1 fully saturated rings. The van der Waals surface area contributed by atoms with Crippen LogP contribution in [0.15, 0.2) is 22.8 Å². The van der Waals surface area contributed by atoms with Crippen LogP contribution < -0.4 is 5.32 Å². The highest BCUT2D eigenvalue weighted by atomic mass is 79.9. The summed E-state index contributed by atoms with van der Waals surface area (Å²) >= 11 is 3.31. The fourth-order valence-corrected chi connectivity index (χ4v) is 2.22. The van der Waals surface area contributed by atoms with E-state index in [4.69, 9.17) is 0 Å². The fraction of sp³-hybridized carbons (Fsp3) is 0.538. The largest absolute Gasteiger partial charge is 0.311 e. The Morgan fingerprint density at radius 1 is 1.47 bits per heavy atom. The molecule has 0 radical (unpaired) electrons. The highest BCUT2D eigenvalue weighted by Gasteiger charge is 2.17. The summed E-state index contributed by atoms with van der Waals surface area (Å²) in [5, 5.41) is 2.81. The molecule has 1 amide bonds. The topological polar surface area (TPSA) is 42.0 Å². The number of anilines is 1. The Hall–Kier alpha value is -0.900. The standard InChI is InChI=1S/C13H17BrN2O/c14-11-7-8-12(15-9-11)16-13(17)6-2-5-10-3-1-4-10/h7-10H,1-6H2,(H,15,16,17). The Bertz CT molecular complexity index is 374. The van der Waals surface area contributed by atoms with Crippen LogP contribution >= 0.6 is 15.9 Å². The van der Waals surface area contributed by atoms with Crippen LogP contribution in [-0.4, -0.2) is 10.9 Å². The third-order valence-corrected chi connectivity index (χ3v) is 3.70. The zero-order valence-electron chi connectivity index (χ0n) is 9.79. The smallest absolute Gasteiger partial charge is 0.225 e. The monoisotopic (exact) mass is 296 g/mol. The number of hydrogen-bond donors (Lipinski definition) is 1. The van der Waals surface area contributed by atoms with Crippen molar-refractivity contribution < 1.29 is 4.79 Å². The number of nitrogens with one attached hydrogen (secondary N) is 1. The van der Waals surface area contributed by atoms with Crippen LogP contribution in [0.2, 0.25) is 0 Å². The highest BCUT2D eigenvalue weighted by Crippen LogP contribution is 2.30. The second kappa shape index (κ2) is 6.15. The van der Waals surface area contributed by atoms with Gasteiger partial charge in [0.15, 0.2) is 0 Å². The van der Waals surface area contributed by atoms with E-state index in [2.05, 4.69) is 26.2 Å². The molecule has 1 aliphatic rings. The molecule has 4 heteroatoms. The molecule has 92 valence electrons. The molecule has 0 spiro atoms. The molecule has 3 nitrogen and oxygen atoms in total. The quantitative estimate of drug-likeness (QED) is 0.899. The van der Waals surface area contributed by atoms with Gasteiger partial charge in [-0.15, -0.1) is 0 Å². The van der Waals surface area contributed by atoms with Crippen LogP contribution in [0.4, 0.5) is 5.82 Å². The first-order chi connectivity index (χ1) is 8.24. The predicted molar refractivity (Wildman–Crippen MR) is 71.8 cm³/mol. The van der Waals surface area contributed by atoms with Crippen LogP contribution in [0.3, 0.4) is 0 Å². The van der Waals surface area contributed by atoms with Gasteiger partial charge in [-0.05, 0) is 46.8 Å². The molecule has 0 atom stereocenters. The van der Waals surface area contributed by atoms with E-state index in [9.17, 15) is 4.79 Å². The van der Waals surface area contributed by atoms with Crippen LogP contribution in [0.1, 0.15) is 38.5 Å². The van der Waals surface area contributed by atoms with E-state index in [1.807, 2.05) is 6.07 Å². The van der Waals surface area contributed by atoms with Gasteiger partial charge in [0, 0.05) is 17.1 Å². The maximum atomic E-state index is 11.6. The van der Waals surface area contributed by atoms with Crippen LogP contribution in [0, 0.1) is 5.92 Å². The van der Waals surface area contributed by atoms with E-state index in [1.165, 1.54) is 25.7 Å². The molecule has 1 aliphatic carbocycles. The molecule has 1 aromatic heterocycles. The molecule has 0 saturated heterocycles. The Morgan fingerprint density at radius 3 is 2.88 bits per heavy atom. The number of aromatic nitrogens is 1. The van der Waals surface area contributed by atoms with Gasteiger partial charge in [-0.2, -0.15) is 0 Å². The Balaban J connectivity index is 1.67. The van der Waals surface area contributed by atoms with E-state index in [1.54, 1.807) is 12.3 Å². The number of nitrogens with zero attached hydrogens (tertiary/aromatic N) is 1. The van der Waals surface area contributed by atoms with Gasteiger partial charge in [0.25, 0.3) is 0 Å². The lowest BCUT2D eigenvalue weighted by Gasteiger charge is -2.24. The minimum absolute atomic E-state index is 0.0687. The maximum absolute atomic E-state index is 11.6. The zero-order valence-corrected chi connectivity index (χ0v) is 11.4. The molecular weight excluding hydrogens is 280 g/mol. The zero-order chi connectivity index (χ0) is 12.1. The molecule has 2 rings (SSSR count). The number of pyridine rings is 1. The summed E-state index contributed by atoms with van der Waals surface area (Å²) in [6, 6.07) is 3.67. The molecule has 1 aromatic rings. The number of rotatable bonds is 5. The molecule has 0 aromatic carbocycles.